The fraction of sp³-hybridized carbons (Fsp3) is 0.188. The third-order valence-corrected chi connectivity index (χ3v) is 2.79. The summed E-state index contributed by atoms with van der Waals surface area (Å²) in [5.74, 6) is 0.0243. The lowest BCUT2D eigenvalue weighted by atomic mass is 10.0. The van der Waals surface area contributed by atoms with E-state index in [1.807, 2.05) is 6.92 Å². The molecule has 4 heteroatoms. The Morgan fingerprint density at radius 2 is 1.90 bits per heavy atom. The molecule has 0 spiro atoms. The highest BCUT2D eigenvalue weighted by Crippen LogP contribution is 2.20. The highest BCUT2D eigenvalue weighted by Gasteiger charge is 2.17. The Kier molecular flexibility index (Phi) is 4.60. The first kappa shape index (κ1) is 13.9. The van der Waals surface area contributed by atoms with Gasteiger partial charge < -0.3 is 4.74 Å². The molecule has 0 N–H and O–H groups in total. The first-order valence-electron chi connectivity index (χ1n) is 6.40. The highest BCUT2D eigenvalue weighted by molar-refractivity contribution is 6.14. The molecule has 20 heavy (non-hydrogen) atoms. The Labute approximate surface area is 117 Å². The van der Waals surface area contributed by atoms with Gasteiger partial charge in [-0.3, -0.25) is 14.6 Å². The Morgan fingerprint density at radius 1 is 1.10 bits per heavy atom. The molecule has 0 unspecified atom stereocenters. The fourth-order valence-corrected chi connectivity index (χ4v) is 1.85. The number of hydrogen-bond acceptors (Lipinski definition) is 4. The Hall–Kier alpha value is -2.49. The van der Waals surface area contributed by atoms with E-state index in [9.17, 15) is 9.59 Å². The molecule has 1 aromatic heterocycles. The average molecular weight is 269 g/mol. The number of para-hydroxylation sites is 1. The molecule has 4 nitrogen and oxygen atoms in total. The molecular weight excluding hydrogens is 254 g/mol. The number of aromatic nitrogens is 1. The molecule has 0 fully saturated rings. The molecule has 102 valence electrons. The quantitative estimate of drug-likeness (QED) is 0.597. The van der Waals surface area contributed by atoms with Gasteiger partial charge in [-0.05, 0) is 31.2 Å². The van der Waals surface area contributed by atoms with Crippen LogP contribution in [0.2, 0.25) is 0 Å². The van der Waals surface area contributed by atoms with Gasteiger partial charge in [0, 0.05) is 18.0 Å². The normalized spacial score (nSPS) is 10.1. The number of carbonyl (C=O) groups is 2. The van der Waals surface area contributed by atoms with E-state index in [1.165, 1.54) is 6.20 Å². The zero-order valence-electron chi connectivity index (χ0n) is 11.2. The van der Waals surface area contributed by atoms with Crippen molar-refractivity contribution in [3.8, 4) is 5.75 Å². The number of ether oxygens (including phenoxy) is 1. The maximum atomic E-state index is 12.2. The van der Waals surface area contributed by atoms with Crippen LogP contribution in [-0.4, -0.2) is 23.2 Å². The summed E-state index contributed by atoms with van der Waals surface area (Å²) < 4.78 is 5.40. The topological polar surface area (TPSA) is 56.3 Å². The highest BCUT2D eigenvalue weighted by atomic mass is 16.5. The van der Waals surface area contributed by atoms with Crippen LogP contribution in [0.4, 0.5) is 0 Å². The molecule has 0 bridgehead atoms. The molecule has 1 heterocycles. The summed E-state index contributed by atoms with van der Waals surface area (Å²) in [6.45, 7) is 2.32. The average Bonchev–Trinajstić information content (AvgIpc) is 2.49. The maximum Gasteiger partial charge on any atom is 0.174 e. The van der Waals surface area contributed by atoms with E-state index in [4.69, 9.17) is 4.74 Å². The molecule has 0 amide bonds. The second-order valence-corrected chi connectivity index (χ2v) is 4.19. The van der Waals surface area contributed by atoms with Crippen molar-refractivity contribution in [3.05, 3.63) is 59.9 Å². The summed E-state index contributed by atoms with van der Waals surface area (Å²) in [7, 11) is 0. The fourth-order valence-electron chi connectivity index (χ4n) is 1.85. The van der Waals surface area contributed by atoms with Crippen LogP contribution in [0, 0.1) is 0 Å². The van der Waals surface area contributed by atoms with Crippen molar-refractivity contribution in [2.24, 2.45) is 0 Å². The minimum atomic E-state index is -0.247. The Balaban J connectivity index is 2.15. The van der Waals surface area contributed by atoms with E-state index in [-0.39, 0.29) is 18.0 Å². The summed E-state index contributed by atoms with van der Waals surface area (Å²) in [6.07, 6.45) is 2.86. The van der Waals surface area contributed by atoms with Crippen LogP contribution < -0.4 is 4.74 Å². The van der Waals surface area contributed by atoms with Gasteiger partial charge in [-0.25, -0.2) is 0 Å². The summed E-state index contributed by atoms with van der Waals surface area (Å²) >= 11 is 0. The predicted octanol–water partition coefficient (Wildman–Crippen LogP) is 2.94. The van der Waals surface area contributed by atoms with Crippen LogP contribution in [-0.2, 0) is 0 Å². The van der Waals surface area contributed by atoms with Crippen molar-refractivity contribution in [1.29, 1.82) is 0 Å². The molecular formula is C16H15NO3. The molecule has 0 saturated heterocycles. The van der Waals surface area contributed by atoms with E-state index in [0.717, 1.165) is 0 Å². The standard InChI is InChI=1S/C16H15NO3/c1-2-20-16-8-4-3-7-13(16)15(19)10-14(18)12-6-5-9-17-11-12/h3-9,11H,2,10H2,1H3. The number of benzene rings is 1. The monoisotopic (exact) mass is 269 g/mol. The zero-order valence-corrected chi connectivity index (χ0v) is 11.2. The van der Waals surface area contributed by atoms with Crippen molar-refractivity contribution >= 4 is 11.6 Å². The van der Waals surface area contributed by atoms with Crippen molar-refractivity contribution < 1.29 is 14.3 Å². The van der Waals surface area contributed by atoms with Gasteiger partial charge in [0.2, 0.25) is 0 Å². The molecule has 2 rings (SSSR count). The number of carbonyl (C=O) groups excluding carboxylic acids is 2. The van der Waals surface area contributed by atoms with Crippen LogP contribution >= 0.6 is 0 Å². The number of ketones is 2. The lowest BCUT2D eigenvalue weighted by Crippen LogP contribution is -2.10. The van der Waals surface area contributed by atoms with Gasteiger partial charge in [0.1, 0.15) is 5.75 Å². The molecule has 0 atom stereocenters. The number of rotatable bonds is 6. The Morgan fingerprint density at radius 3 is 2.60 bits per heavy atom. The van der Waals surface area contributed by atoms with Crippen LogP contribution in [0.1, 0.15) is 34.1 Å². The van der Waals surface area contributed by atoms with Crippen LogP contribution in [0.5, 0.6) is 5.75 Å². The minimum absolute atomic E-state index is 0.185. The third kappa shape index (κ3) is 3.29. The zero-order chi connectivity index (χ0) is 14.4. The van der Waals surface area contributed by atoms with Gasteiger partial charge in [0.05, 0.1) is 18.6 Å². The second-order valence-electron chi connectivity index (χ2n) is 4.19. The molecule has 2 aromatic rings. The van der Waals surface area contributed by atoms with E-state index in [2.05, 4.69) is 4.98 Å². The van der Waals surface area contributed by atoms with Crippen LogP contribution in [0.15, 0.2) is 48.8 Å². The van der Waals surface area contributed by atoms with E-state index in [1.54, 1.807) is 42.6 Å². The number of hydrogen-bond donors (Lipinski definition) is 0. The van der Waals surface area contributed by atoms with Crippen LogP contribution in [0.3, 0.4) is 0 Å². The van der Waals surface area contributed by atoms with Gasteiger partial charge in [0.25, 0.3) is 0 Å². The van der Waals surface area contributed by atoms with E-state index < -0.39 is 0 Å². The van der Waals surface area contributed by atoms with Crippen molar-refractivity contribution in [2.45, 2.75) is 13.3 Å². The lowest BCUT2D eigenvalue weighted by molar-refractivity contribution is 0.0892. The summed E-state index contributed by atoms with van der Waals surface area (Å²) in [5, 5.41) is 0. The number of Topliss-reactive ketones (excluding diaryl/α,β-unsaturated/α-hetero) is 2. The third-order valence-electron chi connectivity index (χ3n) is 2.79. The number of nitrogens with zero attached hydrogens (tertiary/aromatic N) is 1. The summed E-state index contributed by atoms with van der Waals surface area (Å²) in [6, 6.07) is 10.3. The summed E-state index contributed by atoms with van der Waals surface area (Å²) in [5.41, 5.74) is 0.876. The number of pyridine rings is 1. The minimum Gasteiger partial charge on any atom is -0.493 e. The van der Waals surface area contributed by atoms with Crippen molar-refractivity contribution in [3.63, 3.8) is 0 Å². The van der Waals surface area contributed by atoms with Crippen molar-refractivity contribution in [2.75, 3.05) is 6.61 Å². The molecule has 0 aliphatic heterocycles. The van der Waals surface area contributed by atoms with E-state index in [0.29, 0.717) is 23.5 Å². The molecule has 0 aliphatic rings. The predicted molar refractivity (Wildman–Crippen MR) is 75.1 cm³/mol. The second kappa shape index (κ2) is 6.61. The molecule has 0 radical (unpaired) electrons. The first-order chi connectivity index (χ1) is 9.72. The Bertz CT molecular complexity index is 608. The maximum absolute atomic E-state index is 12.2. The molecule has 0 saturated carbocycles. The van der Waals surface area contributed by atoms with Gasteiger partial charge >= 0.3 is 0 Å². The SMILES string of the molecule is CCOc1ccccc1C(=O)CC(=O)c1cccnc1. The first-order valence-corrected chi connectivity index (χ1v) is 6.40. The largest absolute Gasteiger partial charge is 0.493 e. The smallest absolute Gasteiger partial charge is 0.174 e. The van der Waals surface area contributed by atoms with Crippen molar-refractivity contribution in [1.82, 2.24) is 4.98 Å². The van der Waals surface area contributed by atoms with Gasteiger partial charge in [-0.1, -0.05) is 12.1 Å². The molecule has 1 aromatic carbocycles. The van der Waals surface area contributed by atoms with Gasteiger partial charge in [-0.15, -0.1) is 0 Å². The summed E-state index contributed by atoms with van der Waals surface area (Å²) in [4.78, 5) is 28.1. The molecule has 0 aliphatic carbocycles. The van der Waals surface area contributed by atoms with E-state index >= 15 is 0 Å². The van der Waals surface area contributed by atoms with Crippen LogP contribution in [0.25, 0.3) is 0 Å². The van der Waals surface area contributed by atoms with Gasteiger partial charge in [-0.2, -0.15) is 0 Å². The lowest BCUT2D eigenvalue weighted by Gasteiger charge is -2.08. The van der Waals surface area contributed by atoms with Gasteiger partial charge in [0.15, 0.2) is 11.6 Å².